The number of rotatable bonds is 9. The molecule has 2 aromatic carbocycles. The van der Waals surface area contributed by atoms with Crippen molar-refractivity contribution >= 4 is 29.1 Å². The van der Waals surface area contributed by atoms with Gasteiger partial charge in [0.2, 0.25) is 0 Å². The Kier molecular flexibility index (Phi) is 8.11. The summed E-state index contributed by atoms with van der Waals surface area (Å²) in [5.74, 6) is 0.129. The van der Waals surface area contributed by atoms with Gasteiger partial charge in [-0.3, -0.25) is 14.3 Å². The number of hydrogen-bond acceptors (Lipinski definition) is 4. The fourth-order valence-corrected chi connectivity index (χ4v) is 3.38. The molecule has 2 N–H and O–H groups in total. The van der Waals surface area contributed by atoms with E-state index in [0.717, 1.165) is 33.9 Å². The second-order valence-corrected chi connectivity index (χ2v) is 8.19. The second kappa shape index (κ2) is 11.0. The number of benzene rings is 2. The molecule has 2 amide bonds. The molecule has 3 rings (SSSR count). The standard InChI is InChI=1S/C25H29ClN4O3/c1-5-11-27-25(32)23-21(14-30(6-2)29-23)28-24(31)19-9-7-18(8-10-19)15-33-20-12-16(3)22(26)17(4)13-20/h7-10,12-14H,5-6,11,15H2,1-4H3,(H,27,32)(H,28,31). The maximum atomic E-state index is 12.8. The van der Waals surface area contributed by atoms with Crippen LogP contribution in [0.2, 0.25) is 5.02 Å². The van der Waals surface area contributed by atoms with Crippen LogP contribution in [0, 0.1) is 13.8 Å². The third-order valence-corrected chi connectivity index (χ3v) is 5.71. The second-order valence-electron chi connectivity index (χ2n) is 7.81. The highest BCUT2D eigenvalue weighted by molar-refractivity contribution is 6.32. The van der Waals surface area contributed by atoms with Crippen molar-refractivity contribution in [3.05, 3.63) is 75.6 Å². The Morgan fingerprint density at radius 1 is 1.06 bits per heavy atom. The molecule has 8 heteroatoms. The lowest BCUT2D eigenvalue weighted by atomic mass is 10.1. The van der Waals surface area contributed by atoms with Crippen LogP contribution in [0.4, 0.5) is 5.69 Å². The minimum absolute atomic E-state index is 0.206. The molecule has 0 saturated carbocycles. The van der Waals surface area contributed by atoms with Crippen molar-refractivity contribution in [1.29, 1.82) is 0 Å². The molecule has 0 aliphatic heterocycles. The van der Waals surface area contributed by atoms with Gasteiger partial charge in [0, 0.05) is 29.9 Å². The third-order valence-electron chi connectivity index (χ3n) is 5.12. The fourth-order valence-electron chi connectivity index (χ4n) is 3.27. The Balaban J connectivity index is 1.66. The van der Waals surface area contributed by atoms with Gasteiger partial charge in [-0.1, -0.05) is 30.7 Å². The smallest absolute Gasteiger partial charge is 0.273 e. The lowest BCUT2D eigenvalue weighted by Crippen LogP contribution is -2.26. The largest absolute Gasteiger partial charge is 0.489 e. The van der Waals surface area contributed by atoms with Crippen molar-refractivity contribution in [3.63, 3.8) is 0 Å². The van der Waals surface area contributed by atoms with E-state index < -0.39 is 0 Å². The number of halogens is 1. The number of ether oxygens (including phenoxy) is 1. The number of amides is 2. The van der Waals surface area contributed by atoms with E-state index in [4.69, 9.17) is 16.3 Å². The molecule has 33 heavy (non-hydrogen) atoms. The molecule has 0 radical (unpaired) electrons. The van der Waals surface area contributed by atoms with Crippen molar-refractivity contribution in [3.8, 4) is 5.75 Å². The first-order valence-corrected chi connectivity index (χ1v) is 11.4. The lowest BCUT2D eigenvalue weighted by molar-refractivity contribution is 0.0948. The first kappa shape index (κ1) is 24.3. The van der Waals surface area contributed by atoms with Crippen LogP contribution in [0.3, 0.4) is 0 Å². The number of hydrogen-bond donors (Lipinski definition) is 2. The maximum Gasteiger partial charge on any atom is 0.273 e. The number of carbonyl (C=O) groups is 2. The maximum absolute atomic E-state index is 12.8. The van der Waals surface area contributed by atoms with Crippen molar-refractivity contribution in [2.75, 3.05) is 11.9 Å². The van der Waals surface area contributed by atoms with Gasteiger partial charge in [0.1, 0.15) is 12.4 Å². The Labute approximate surface area is 199 Å². The predicted molar refractivity (Wildman–Crippen MR) is 130 cm³/mol. The summed E-state index contributed by atoms with van der Waals surface area (Å²) in [6.45, 7) is 9.28. The molecule has 174 valence electrons. The van der Waals surface area contributed by atoms with E-state index in [2.05, 4.69) is 15.7 Å². The van der Waals surface area contributed by atoms with Gasteiger partial charge in [-0.15, -0.1) is 0 Å². The van der Waals surface area contributed by atoms with Crippen molar-refractivity contribution in [1.82, 2.24) is 15.1 Å². The predicted octanol–water partition coefficient (Wildman–Crippen LogP) is 5.14. The molecule has 0 saturated heterocycles. The topological polar surface area (TPSA) is 85.3 Å². The summed E-state index contributed by atoms with van der Waals surface area (Å²) in [6.07, 6.45) is 2.48. The highest BCUT2D eigenvalue weighted by Gasteiger charge is 2.19. The summed E-state index contributed by atoms with van der Waals surface area (Å²) in [5.41, 5.74) is 3.92. The highest BCUT2D eigenvalue weighted by Crippen LogP contribution is 2.26. The number of nitrogens with one attached hydrogen (secondary N) is 2. The van der Waals surface area contributed by atoms with Crippen LogP contribution < -0.4 is 15.4 Å². The van der Waals surface area contributed by atoms with Gasteiger partial charge in [-0.25, -0.2) is 0 Å². The quantitative estimate of drug-likeness (QED) is 0.455. The number of anilines is 1. The Morgan fingerprint density at radius 3 is 2.33 bits per heavy atom. The first-order chi connectivity index (χ1) is 15.8. The Hall–Kier alpha value is -3.32. The molecule has 0 aliphatic rings. The molecule has 0 atom stereocenters. The minimum atomic E-state index is -0.313. The molecule has 1 heterocycles. The monoisotopic (exact) mass is 468 g/mol. The van der Waals surface area contributed by atoms with Gasteiger partial charge in [0.05, 0.1) is 5.69 Å². The van der Waals surface area contributed by atoms with E-state index in [9.17, 15) is 9.59 Å². The van der Waals surface area contributed by atoms with Crippen LogP contribution >= 0.6 is 11.6 Å². The summed E-state index contributed by atoms with van der Waals surface area (Å²) in [7, 11) is 0. The molecule has 0 fully saturated rings. The van der Waals surface area contributed by atoms with Crippen LogP contribution in [0.15, 0.2) is 42.6 Å². The van der Waals surface area contributed by atoms with Gasteiger partial charge in [0.25, 0.3) is 11.8 Å². The summed E-state index contributed by atoms with van der Waals surface area (Å²) in [6, 6.07) is 11.0. The summed E-state index contributed by atoms with van der Waals surface area (Å²) < 4.78 is 7.50. The molecular weight excluding hydrogens is 440 g/mol. The summed E-state index contributed by atoms with van der Waals surface area (Å²) >= 11 is 6.21. The normalized spacial score (nSPS) is 10.7. The van der Waals surface area contributed by atoms with Crippen LogP contribution in [0.1, 0.15) is 57.8 Å². The molecule has 0 spiro atoms. The third kappa shape index (κ3) is 6.14. The van der Waals surface area contributed by atoms with Crippen molar-refractivity contribution in [2.24, 2.45) is 0 Å². The van der Waals surface area contributed by atoms with E-state index in [1.807, 2.05) is 52.0 Å². The van der Waals surface area contributed by atoms with Crippen molar-refractivity contribution < 1.29 is 14.3 Å². The van der Waals surface area contributed by atoms with Crippen LogP contribution in [-0.2, 0) is 13.2 Å². The molecule has 0 aliphatic carbocycles. The zero-order valence-electron chi connectivity index (χ0n) is 19.4. The Morgan fingerprint density at radius 2 is 1.73 bits per heavy atom. The van der Waals surface area contributed by atoms with Crippen LogP contribution in [0.25, 0.3) is 0 Å². The van der Waals surface area contributed by atoms with E-state index in [1.165, 1.54) is 0 Å². The molecule has 0 unspecified atom stereocenters. The molecule has 7 nitrogen and oxygen atoms in total. The van der Waals surface area contributed by atoms with E-state index in [0.29, 0.717) is 30.9 Å². The van der Waals surface area contributed by atoms with E-state index >= 15 is 0 Å². The number of carbonyl (C=O) groups excluding carboxylic acids is 2. The molecule has 1 aromatic heterocycles. The zero-order chi connectivity index (χ0) is 24.0. The van der Waals surface area contributed by atoms with Gasteiger partial charge < -0.3 is 15.4 Å². The Bertz CT molecular complexity index is 1120. The van der Waals surface area contributed by atoms with Crippen molar-refractivity contribution in [2.45, 2.75) is 47.3 Å². The fraction of sp³-hybridized carbons (Fsp3) is 0.320. The first-order valence-electron chi connectivity index (χ1n) is 11.0. The lowest BCUT2D eigenvalue weighted by Gasteiger charge is -2.11. The van der Waals surface area contributed by atoms with E-state index in [1.54, 1.807) is 23.0 Å². The van der Waals surface area contributed by atoms with Crippen LogP contribution in [0.5, 0.6) is 5.75 Å². The average molecular weight is 469 g/mol. The van der Waals surface area contributed by atoms with Gasteiger partial charge in [0.15, 0.2) is 5.69 Å². The number of nitrogens with zero attached hydrogens (tertiary/aromatic N) is 2. The molecule has 0 bridgehead atoms. The zero-order valence-corrected chi connectivity index (χ0v) is 20.1. The minimum Gasteiger partial charge on any atom is -0.489 e. The van der Waals surface area contributed by atoms with Gasteiger partial charge in [-0.05, 0) is 68.1 Å². The SMILES string of the molecule is CCCNC(=O)c1nn(CC)cc1NC(=O)c1ccc(COc2cc(C)c(Cl)c(C)c2)cc1. The molecule has 3 aromatic rings. The van der Waals surface area contributed by atoms with Gasteiger partial charge >= 0.3 is 0 Å². The summed E-state index contributed by atoms with van der Waals surface area (Å²) in [4.78, 5) is 25.2. The summed E-state index contributed by atoms with van der Waals surface area (Å²) in [5, 5.41) is 10.6. The number of aryl methyl sites for hydroxylation is 3. The number of aromatic nitrogens is 2. The van der Waals surface area contributed by atoms with Crippen LogP contribution in [-0.4, -0.2) is 28.1 Å². The average Bonchev–Trinajstić information content (AvgIpc) is 3.22. The van der Waals surface area contributed by atoms with Gasteiger partial charge in [-0.2, -0.15) is 5.10 Å². The highest BCUT2D eigenvalue weighted by atomic mass is 35.5. The molecular formula is C25H29ClN4O3. The van der Waals surface area contributed by atoms with E-state index in [-0.39, 0.29) is 17.5 Å².